The fraction of sp³-hybridized carbons (Fsp3) is 0.167. The lowest BCUT2D eigenvalue weighted by molar-refractivity contribution is -0.116. The number of amides is 2. The first-order valence-corrected chi connectivity index (χ1v) is 5.17. The van der Waals surface area contributed by atoms with Gasteiger partial charge in [-0.15, -0.1) is 0 Å². The molecule has 0 fully saturated rings. The molecule has 1 aromatic heterocycles. The Kier molecular flexibility index (Phi) is 1.83. The number of nitrogens with one attached hydrogen (secondary N) is 1. The van der Waals surface area contributed by atoms with Gasteiger partial charge in [0.05, 0.1) is 0 Å². The first kappa shape index (κ1) is 9.15. The van der Waals surface area contributed by atoms with Crippen molar-refractivity contribution in [2.75, 3.05) is 6.54 Å². The second-order valence-electron chi connectivity index (χ2n) is 3.88. The molecule has 1 N–H and O–H groups in total. The number of nitrogens with zero attached hydrogens (tertiary/aromatic N) is 1. The van der Waals surface area contributed by atoms with E-state index in [4.69, 9.17) is 0 Å². The molecule has 2 amide bonds. The van der Waals surface area contributed by atoms with Gasteiger partial charge in [0, 0.05) is 17.4 Å². The number of H-pyrrole nitrogens is 1. The number of imide groups is 1. The van der Waals surface area contributed by atoms with E-state index < -0.39 is 0 Å². The van der Waals surface area contributed by atoms with Gasteiger partial charge < -0.3 is 4.98 Å². The maximum absolute atomic E-state index is 11.9. The predicted octanol–water partition coefficient (Wildman–Crippen LogP) is 1.32. The molecule has 4 heteroatoms. The van der Waals surface area contributed by atoms with Crippen LogP contribution in [0.15, 0.2) is 24.3 Å². The molecule has 0 bridgehead atoms. The lowest BCUT2D eigenvalue weighted by Crippen LogP contribution is -2.36. The van der Waals surface area contributed by atoms with Crippen LogP contribution in [0.1, 0.15) is 16.1 Å². The third kappa shape index (κ3) is 1.10. The number of aromatic nitrogens is 1. The van der Waals surface area contributed by atoms with Crippen LogP contribution in [-0.2, 0) is 11.2 Å². The van der Waals surface area contributed by atoms with E-state index in [-0.39, 0.29) is 5.91 Å². The van der Waals surface area contributed by atoms with Crippen molar-refractivity contribution in [2.24, 2.45) is 0 Å². The highest BCUT2D eigenvalue weighted by molar-refractivity contribution is 6.05. The molecule has 1 aliphatic rings. The van der Waals surface area contributed by atoms with Gasteiger partial charge in [-0.25, -0.2) is 0 Å². The molecule has 1 aromatic carbocycles. The third-order valence-electron chi connectivity index (χ3n) is 3.02. The van der Waals surface area contributed by atoms with Crippen LogP contribution in [0.2, 0.25) is 0 Å². The van der Waals surface area contributed by atoms with E-state index in [1.807, 2.05) is 24.3 Å². The Morgan fingerprint density at radius 2 is 2.12 bits per heavy atom. The first-order chi connectivity index (χ1) is 7.81. The van der Waals surface area contributed by atoms with Crippen LogP contribution >= 0.6 is 0 Å². The minimum atomic E-state index is -0.229. The summed E-state index contributed by atoms with van der Waals surface area (Å²) in [6.45, 7) is 0.469. The van der Waals surface area contributed by atoms with Gasteiger partial charge in [-0.3, -0.25) is 14.5 Å². The molecule has 0 radical (unpaired) electrons. The number of aromatic amines is 1. The van der Waals surface area contributed by atoms with Crippen LogP contribution in [0.5, 0.6) is 0 Å². The van der Waals surface area contributed by atoms with Crippen LogP contribution in [0.4, 0.5) is 0 Å². The molecule has 80 valence electrons. The highest BCUT2D eigenvalue weighted by atomic mass is 16.2. The molecule has 4 nitrogen and oxygen atoms in total. The molecule has 0 saturated heterocycles. The second-order valence-corrected chi connectivity index (χ2v) is 3.88. The highest BCUT2D eigenvalue weighted by Gasteiger charge is 2.27. The first-order valence-electron chi connectivity index (χ1n) is 5.17. The third-order valence-corrected chi connectivity index (χ3v) is 3.02. The van der Waals surface area contributed by atoms with Crippen molar-refractivity contribution >= 4 is 23.2 Å². The summed E-state index contributed by atoms with van der Waals surface area (Å²) in [6, 6.07) is 7.81. The number of rotatable bonds is 1. The van der Waals surface area contributed by atoms with Gasteiger partial charge in [0.15, 0.2) is 0 Å². The van der Waals surface area contributed by atoms with Gasteiger partial charge in [-0.1, -0.05) is 18.2 Å². The molecule has 2 heterocycles. The van der Waals surface area contributed by atoms with Gasteiger partial charge in [0.1, 0.15) is 5.69 Å². The normalized spacial score (nSPS) is 15.2. The number of carbonyl (C=O) groups excluding carboxylic acids is 2. The summed E-state index contributed by atoms with van der Waals surface area (Å²) in [5.41, 5.74) is 2.53. The topological polar surface area (TPSA) is 53.2 Å². The van der Waals surface area contributed by atoms with Crippen LogP contribution in [0.3, 0.4) is 0 Å². The van der Waals surface area contributed by atoms with Crippen LogP contribution in [0.25, 0.3) is 10.9 Å². The van der Waals surface area contributed by atoms with Crippen molar-refractivity contribution in [2.45, 2.75) is 6.42 Å². The summed E-state index contributed by atoms with van der Waals surface area (Å²) in [5, 5.41) is 1.08. The maximum Gasteiger partial charge on any atom is 0.276 e. The minimum Gasteiger partial charge on any atom is -0.350 e. The summed E-state index contributed by atoms with van der Waals surface area (Å²) < 4.78 is 0. The number of benzene rings is 1. The van der Waals surface area contributed by atoms with Crippen molar-refractivity contribution < 1.29 is 9.59 Å². The SMILES string of the molecule is O=CN1CCc2c([nH]c3ccccc23)C1=O. The maximum atomic E-state index is 11.9. The molecule has 0 unspecified atom stereocenters. The predicted molar refractivity (Wildman–Crippen MR) is 59.1 cm³/mol. The summed E-state index contributed by atoms with van der Waals surface area (Å²) in [6.07, 6.45) is 1.32. The van der Waals surface area contributed by atoms with Crippen LogP contribution in [-0.4, -0.2) is 28.7 Å². The zero-order valence-electron chi connectivity index (χ0n) is 8.56. The number of hydrogen-bond acceptors (Lipinski definition) is 2. The standard InChI is InChI=1S/C12H10N2O2/c15-7-14-6-5-9-8-3-1-2-4-10(8)13-11(9)12(14)16/h1-4,7,13H,5-6H2. The van der Waals surface area contributed by atoms with E-state index in [2.05, 4.69) is 4.98 Å². The Morgan fingerprint density at radius 1 is 1.31 bits per heavy atom. The molecule has 1 aliphatic heterocycles. The van der Waals surface area contributed by atoms with Crippen molar-refractivity contribution in [3.05, 3.63) is 35.5 Å². The van der Waals surface area contributed by atoms with Crippen molar-refractivity contribution in [1.82, 2.24) is 9.88 Å². The van der Waals surface area contributed by atoms with Crippen molar-refractivity contribution in [3.8, 4) is 0 Å². The van der Waals surface area contributed by atoms with Crippen LogP contribution in [0, 0.1) is 0 Å². The molecule has 0 spiro atoms. The minimum absolute atomic E-state index is 0.229. The van der Waals surface area contributed by atoms with Crippen molar-refractivity contribution in [3.63, 3.8) is 0 Å². The van der Waals surface area contributed by atoms with Gasteiger partial charge >= 0.3 is 0 Å². The Labute approximate surface area is 91.9 Å². The monoisotopic (exact) mass is 214 g/mol. The Bertz CT molecular complexity index is 586. The molecule has 16 heavy (non-hydrogen) atoms. The molecular weight excluding hydrogens is 204 g/mol. The van der Waals surface area contributed by atoms with Gasteiger partial charge in [0.2, 0.25) is 6.41 Å². The van der Waals surface area contributed by atoms with Gasteiger partial charge in [0.25, 0.3) is 5.91 Å². The average molecular weight is 214 g/mol. The molecular formula is C12H10N2O2. The van der Waals surface area contributed by atoms with Gasteiger partial charge in [-0.2, -0.15) is 0 Å². The van der Waals surface area contributed by atoms with E-state index in [1.54, 1.807) is 0 Å². The fourth-order valence-corrected chi connectivity index (χ4v) is 2.22. The Morgan fingerprint density at radius 3 is 2.94 bits per heavy atom. The van der Waals surface area contributed by atoms with Crippen LogP contribution < -0.4 is 0 Å². The van der Waals surface area contributed by atoms with Crippen molar-refractivity contribution in [1.29, 1.82) is 0 Å². The Hall–Kier alpha value is -2.10. The number of para-hydroxylation sites is 1. The van der Waals surface area contributed by atoms with Gasteiger partial charge in [-0.05, 0) is 18.1 Å². The average Bonchev–Trinajstić information content (AvgIpc) is 2.69. The molecule has 0 aliphatic carbocycles. The molecule has 0 saturated carbocycles. The molecule has 3 rings (SSSR count). The smallest absolute Gasteiger partial charge is 0.276 e. The van der Waals surface area contributed by atoms with E-state index in [0.29, 0.717) is 18.6 Å². The highest BCUT2D eigenvalue weighted by Crippen LogP contribution is 2.26. The lowest BCUT2D eigenvalue weighted by Gasteiger charge is -2.20. The second kappa shape index (κ2) is 3.20. The largest absolute Gasteiger partial charge is 0.350 e. The molecule has 0 atom stereocenters. The van der Waals surface area contributed by atoms with E-state index >= 15 is 0 Å². The van der Waals surface area contributed by atoms with E-state index in [9.17, 15) is 9.59 Å². The summed E-state index contributed by atoms with van der Waals surface area (Å²) in [4.78, 5) is 26.9. The molecule has 2 aromatic rings. The zero-order chi connectivity index (χ0) is 11.1. The lowest BCUT2D eigenvalue weighted by atomic mass is 10.0. The quantitative estimate of drug-likeness (QED) is 0.728. The summed E-state index contributed by atoms with van der Waals surface area (Å²) in [5.74, 6) is -0.229. The number of hydrogen-bond donors (Lipinski definition) is 1. The fourth-order valence-electron chi connectivity index (χ4n) is 2.22. The van der Waals surface area contributed by atoms with E-state index in [1.165, 1.54) is 4.90 Å². The zero-order valence-corrected chi connectivity index (χ0v) is 8.56. The van der Waals surface area contributed by atoms with E-state index in [0.717, 1.165) is 22.9 Å². The number of fused-ring (bicyclic) bond motifs is 3. The Balaban J connectivity index is 2.25. The summed E-state index contributed by atoms with van der Waals surface area (Å²) >= 11 is 0. The summed E-state index contributed by atoms with van der Waals surface area (Å²) in [7, 11) is 0. The number of carbonyl (C=O) groups is 2.